The fraction of sp³-hybridized carbons (Fsp3) is 0.591. The summed E-state index contributed by atoms with van der Waals surface area (Å²) >= 11 is 0. The van der Waals surface area contributed by atoms with E-state index in [4.69, 9.17) is 9.47 Å². The van der Waals surface area contributed by atoms with Gasteiger partial charge in [-0.15, -0.1) is 0 Å². The number of nitrogens with zero attached hydrogens (tertiary/aromatic N) is 1. The number of Topliss-reactive ketones (excluding diaryl/α,β-unsaturated/α-hetero) is 1. The summed E-state index contributed by atoms with van der Waals surface area (Å²) in [6, 6.07) is 3.98. The summed E-state index contributed by atoms with van der Waals surface area (Å²) in [7, 11) is 2.30. The van der Waals surface area contributed by atoms with Crippen molar-refractivity contribution >= 4 is 5.78 Å². The minimum Gasteiger partial charge on any atom is -1.00 e. The van der Waals surface area contributed by atoms with Gasteiger partial charge in [0.1, 0.15) is 11.6 Å². The second-order valence-corrected chi connectivity index (χ2v) is 8.85. The molecule has 0 aromatic heterocycles. The van der Waals surface area contributed by atoms with E-state index < -0.39 is 17.1 Å². The summed E-state index contributed by atoms with van der Waals surface area (Å²) in [6.07, 6.45) is 4.36. The Kier molecular flexibility index (Phi) is 4.64. The van der Waals surface area contributed by atoms with Crippen LogP contribution in [-0.4, -0.2) is 59.9 Å². The Bertz CT molecular complexity index is 857. The first-order valence-electron chi connectivity index (χ1n) is 10.1. The lowest BCUT2D eigenvalue weighted by atomic mass is 9.48. The predicted molar refractivity (Wildman–Crippen MR) is 101 cm³/mol. The lowest BCUT2D eigenvalue weighted by Crippen LogP contribution is -3.00. The van der Waals surface area contributed by atoms with E-state index in [0.717, 1.165) is 42.4 Å². The molecule has 1 saturated heterocycles. The molecule has 5 nitrogen and oxygen atoms in total. The lowest BCUT2D eigenvalue weighted by molar-refractivity contribution is -0.944. The van der Waals surface area contributed by atoms with Crippen LogP contribution in [0.2, 0.25) is 0 Å². The number of quaternary nitrogens is 1. The summed E-state index contributed by atoms with van der Waals surface area (Å²) in [5.41, 5.74) is 1.33. The fourth-order valence-corrected chi connectivity index (χ4v) is 6.86. The van der Waals surface area contributed by atoms with Crippen LogP contribution in [0.3, 0.4) is 0 Å². The van der Waals surface area contributed by atoms with E-state index in [2.05, 4.69) is 13.6 Å². The van der Waals surface area contributed by atoms with Gasteiger partial charge in [0.25, 0.3) is 0 Å². The molecule has 2 fully saturated rings. The van der Waals surface area contributed by atoms with E-state index in [-0.39, 0.29) is 41.6 Å². The van der Waals surface area contributed by atoms with Crippen molar-refractivity contribution in [3.8, 4) is 11.5 Å². The zero-order valence-electron chi connectivity index (χ0n) is 16.5. The molecule has 0 amide bonds. The van der Waals surface area contributed by atoms with Crippen molar-refractivity contribution in [1.29, 1.82) is 0 Å². The monoisotopic (exact) mass is 497 g/mol. The van der Waals surface area contributed by atoms with Crippen LogP contribution in [0.25, 0.3) is 0 Å². The minimum absolute atomic E-state index is 0. The molecule has 4 aliphatic rings. The van der Waals surface area contributed by atoms with E-state index in [1.165, 1.54) is 5.56 Å². The van der Waals surface area contributed by atoms with Crippen LogP contribution in [0, 0.1) is 0 Å². The highest BCUT2D eigenvalue weighted by molar-refractivity contribution is 5.90. The first kappa shape index (κ1) is 20.2. The molecule has 2 bridgehead atoms. The maximum Gasteiger partial charge on any atom is 0.174 e. The molecule has 28 heavy (non-hydrogen) atoms. The Hall–Kier alpha value is -1.12. The fourth-order valence-electron chi connectivity index (χ4n) is 6.86. The molecular formula is C22H28INO4. The second-order valence-electron chi connectivity index (χ2n) is 8.85. The third-order valence-electron chi connectivity index (χ3n) is 7.81. The van der Waals surface area contributed by atoms with Gasteiger partial charge in [-0.05, 0) is 31.1 Å². The van der Waals surface area contributed by atoms with Crippen LogP contribution in [-0.2, 0) is 21.4 Å². The number of benzene rings is 1. The summed E-state index contributed by atoms with van der Waals surface area (Å²) in [5, 5.41) is 10.5. The van der Waals surface area contributed by atoms with Gasteiger partial charge in [-0.25, -0.2) is 0 Å². The Morgan fingerprint density at radius 2 is 2.21 bits per heavy atom. The van der Waals surface area contributed by atoms with E-state index in [1.807, 2.05) is 19.1 Å². The van der Waals surface area contributed by atoms with Crippen LogP contribution in [0.1, 0.15) is 37.3 Å². The van der Waals surface area contributed by atoms with Crippen molar-refractivity contribution in [3.05, 3.63) is 35.9 Å². The van der Waals surface area contributed by atoms with Gasteiger partial charge in [-0.2, -0.15) is 0 Å². The zero-order chi connectivity index (χ0) is 19.0. The molecule has 5 atom stereocenters. The van der Waals surface area contributed by atoms with Gasteiger partial charge in [-0.1, -0.05) is 12.6 Å². The zero-order valence-corrected chi connectivity index (χ0v) is 18.7. The molecule has 2 aliphatic carbocycles. The number of carbonyl (C=O) groups is 1. The molecule has 152 valence electrons. The number of likely N-dealkylation sites (N-methyl/N-ethyl adjacent to an activating group) is 1. The molecule has 1 spiro atoms. The number of rotatable bonds is 4. The summed E-state index contributed by atoms with van der Waals surface area (Å²) in [6.45, 7) is 8.49. The Morgan fingerprint density at radius 3 is 2.93 bits per heavy atom. The molecule has 1 aromatic rings. The third-order valence-corrected chi connectivity index (χ3v) is 7.81. The highest BCUT2D eigenvalue weighted by atomic mass is 127. The number of hydrogen-bond acceptors (Lipinski definition) is 4. The largest absolute Gasteiger partial charge is 1.00 e. The van der Waals surface area contributed by atoms with Crippen molar-refractivity contribution in [2.75, 3.05) is 26.7 Å². The van der Waals surface area contributed by atoms with Crippen molar-refractivity contribution in [2.45, 2.75) is 55.8 Å². The van der Waals surface area contributed by atoms with E-state index in [9.17, 15) is 9.90 Å². The Balaban J connectivity index is 0.00000192. The third kappa shape index (κ3) is 2.12. The average molecular weight is 497 g/mol. The van der Waals surface area contributed by atoms with Gasteiger partial charge in [0.2, 0.25) is 0 Å². The number of phenolic OH excluding ortho intramolecular Hbond substituents is 1. The van der Waals surface area contributed by atoms with Crippen LogP contribution in [0.15, 0.2) is 24.8 Å². The molecular weight excluding hydrogens is 469 g/mol. The molecule has 2 aliphatic heterocycles. The van der Waals surface area contributed by atoms with E-state index >= 15 is 0 Å². The molecule has 5 rings (SSSR count). The number of ketones is 1. The molecule has 1 saturated carbocycles. The first-order chi connectivity index (χ1) is 12.9. The predicted octanol–water partition coefficient (Wildman–Crippen LogP) is -0.506. The van der Waals surface area contributed by atoms with Crippen LogP contribution in [0.5, 0.6) is 11.5 Å². The van der Waals surface area contributed by atoms with Gasteiger partial charge in [-0.3, -0.25) is 4.79 Å². The summed E-state index contributed by atoms with van der Waals surface area (Å²) in [4.78, 5) is 13.0. The SMILES string of the molecule is C=CC[N@@+]1(C)CC[C@]23c4c5ccc(O)c4OC2C(=O)CC[C@@]3(OCC)C1C5.[I-]. The number of aromatic hydroxyl groups is 1. The standard InChI is InChI=1S/C22H27NO4.HI/c1-4-11-23(3)12-10-21-18-14-6-7-15(24)19(18)27-20(21)16(25)8-9-22(21,26-5-2)17(23)13-14;/h4,6-7,17,20H,1,5,8-13H2,2-3H3;1H/t17?,20?,21-,22+,23-;/m0./s1. The molecule has 1 aromatic carbocycles. The molecule has 2 heterocycles. The van der Waals surface area contributed by atoms with Crippen molar-refractivity contribution in [2.24, 2.45) is 0 Å². The topological polar surface area (TPSA) is 55.8 Å². The Labute approximate surface area is 183 Å². The smallest absolute Gasteiger partial charge is 0.174 e. The average Bonchev–Trinajstić information content (AvgIpc) is 3.00. The first-order valence-corrected chi connectivity index (χ1v) is 10.1. The quantitative estimate of drug-likeness (QED) is 0.346. The maximum absolute atomic E-state index is 13.0. The number of phenols is 1. The highest BCUT2D eigenvalue weighted by Crippen LogP contribution is 2.66. The van der Waals surface area contributed by atoms with E-state index in [0.29, 0.717) is 18.8 Å². The van der Waals surface area contributed by atoms with Crippen molar-refractivity contribution < 1.29 is 47.8 Å². The lowest BCUT2D eigenvalue weighted by Gasteiger charge is -2.65. The number of hydrogen-bond donors (Lipinski definition) is 1. The van der Waals surface area contributed by atoms with Gasteiger partial charge in [0.15, 0.2) is 23.4 Å². The maximum atomic E-state index is 13.0. The number of halogens is 1. The summed E-state index contributed by atoms with van der Waals surface area (Å²) in [5.74, 6) is 0.811. The number of likely N-dealkylation sites (tertiary alicyclic amines) is 1. The molecule has 2 unspecified atom stereocenters. The van der Waals surface area contributed by atoms with Gasteiger partial charge < -0.3 is 43.0 Å². The molecule has 6 heteroatoms. The van der Waals surface area contributed by atoms with Crippen molar-refractivity contribution in [3.63, 3.8) is 0 Å². The minimum atomic E-state index is -0.542. The number of ether oxygens (including phenoxy) is 2. The van der Waals surface area contributed by atoms with E-state index in [1.54, 1.807) is 6.07 Å². The van der Waals surface area contributed by atoms with Gasteiger partial charge >= 0.3 is 0 Å². The summed E-state index contributed by atoms with van der Waals surface area (Å²) < 4.78 is 13.8. The normalized spacial score (nSPS) is 39.6. The Morgan fingerprint density at radius 1 is 1.43 bits per heavy atom. The van der Waals surface area contributed by atoms with Gasteiger partial charge in [0.05, 0.1) is 25.6 Å². The number of carbonyl (C=O) groups excluding carboxylic acids is 1. The molecule has 0 radical (unpaired) electrons. The second kappa shape index (κ2) is 6.44. The van der Waals surface area contributed by atoms with Crippen LogP contribution >= 0.6 is 0 Å². The van der Waals surface area contributed by atoms with Gasteiger partial charge in [0, 0.05) is 31.4 Å². The highest BCUT2D eigenvalue weighted by Gasteiger charge is 2.77. The van der Waals surface area contributed by atoms with Crippen LogP contribution < -0.4 is 28.7 Å². The van der Waals surface area contributed by atoms with Crippen LogP contribution in [0.4, 0.5) is 0 Å². The molecule has 1 N–H and O–H groups in total. The van der Waals surface area contributed by atoms with Crippen molar-refractivity contribution in [1.82, 2.24) is 0 Å². The number of piperidine rings is 1.